The standard InChI is InChI=1S/C14H11ClN4O2/c1-21-12-3-2-8(6-10(12)15)17-14(20)13-9-7-16-5-4-11(9)18-19-13/h2-7H,1H3,(H,17,20)(H,18,19). The minimum absolute atomic E-state index is 0.282. The molecule has 0 aliphatic rings. The van der Waals surface area contributed by atoms with Crippen molar-refractivity contribution in [2.75, 3.05) is 12.4 Å². The van der Waals surface area contributed by atoms with E-state index in [2.05, 4.69) is 20.5 Å². The zero-order valence-electron chi connectivity index (χ0n) is 11.1. The van der Waals surface area contributed by atoms with Crippen LogP contribution >= 0.6 is 11.6 Å². The van der Waals surface area contributed by atoms with Crippen LogP contribution in [0.1, 0.15) is 10.5 Å². The second-order valence-electron chi connectivity index (χ2n) is 4.30. The Balaban J connectivity index is 1.88. The average Bonchev–Trinajstić information content (AvgIpc) is 2.91. The van der Waals surface area contributed by atoms with Gasteiger partial charge in [-0.05, 0) is 24.3 Å². The maximum absolute atomic E-state index is 12.3. The number of nitrogens with one attached hydrogen (secondary N) is 2. The summed E-state index contributed by atoms with van der Waals surface area (Å²) < 4.78 is 5.06. The number of fused-ring (bicyclic) bond motifs is 1. The summed E-state index contributed by atoms with van der Waals surface area (Å²) in [4.78, 5) is 16.3. The lowest BCUT2D eigenvalue weighted by atomic mass is 10.2. The third-order valence-electron chi connectivity index (χ3n) is 2.99. The van der Waals surface area contributed by atoms with Gasteiger partial charge in [-0.1, -0.05) is 11.6 Å². The predicted octanol–water partition coefficient (Wildman–Crippen LogP) is 2.87. The summed E-state index contributed by atoms with van der Waals surface area (Å²) in [5.74, 6) is 0.208. The number of carbonyl (C=O) groups is 1. The number of anilines is 1. The molecule has 0 spiro atoms. The number of aromatic nitrogens is 3. The van der Waals surface area contributed by atoms with Crippen molar-refractivity contribution in [3.05, 3.63) is 47.4 Å². The normalized spacial score (nSPS) is 10.6. The third-order valence-corrected chi connectivity index (χ3v) is 3.28. The van der Waals surface area contributed by atoms with Crippen molar-refractivity contribution in [2.45, 2.75) is 0 Å². The van der Waals surface area contributed by atoms with Crippen LogP contribution in [0.4, 0.5) is 5.69 Å². The summed E-state index contributed by atoms with van der Waals surface area (Å²) in [5, 5.41) is 10.6. The molecule has 2 heterocycles. The van der Waals surface area contributed by atoms with E-state index in [0.717, 1.165) is 5.52 Å². The lowest BCUT2D eigenvalue weighted by Gasteiger charge is -2.07. The summed E-state index contributed by atoms with van der Waals surface area (Å²) in [7, 11) is 1.53. The van der Waals surface area contributed by atoms with Crippen LogP contribution in [-0.2, 0) is 0 Å². The number of amides is 1. The molecule has 7 heteroatoms. The zero-order valence-corrected chi connectivity index (χ0v) is 11.8. The summed E-state index contributed by atoms with van der Waals surface area (Å²) in [6.45, 7) is 0. The van der Waals surface area contributed by atoms with Gasteiger partial charge in [0, 0.05) is 18.1 Å². The first kappa shape index (κ1) is 13.4. The van der Waals surface area contributed by atoms with Crippen LogP contribution in [0, 0.1) is 0 Å². The van der Waals surface area contributed by atoms with Gasteiger partial charge in [0.2, 0.25) is 0 Å². The number of halogens is 1. The first-order valence-electron chi connectivity index (χ1n) is 6.12. The van der Waals surface area contributed by atoms with Crippen molar-refractivity contribution in [3.8, 4) is 5.75 Å². The summed E-state index contributed by atoms with van der Waals surface area (Å²) >= 11 is 6.02. The van der Waals surface area contributed by atoms with E-state index in [1.54, 1.807) is 36.7 Å². The fraction of sp³-hybridized carbons (Fsp3) is 0.0714. The van der Waals surface area contributed by atoms with Gasteiger partial charge in [0.1, 0.15) is 5.75 Å². The fourth-order valence-corrected chi connectivity index (χ4v) is 2.22. The van der Waals surface area contributed by atoms with Crippen molar-refractivity contribution < 1.29 is 9.53 Å². The molecule has 106 valence electrons. The molecule has 0 bridgehead atoms. The molecule has 2 aromatic heterocycles. The molecule has 0 atom stereocenters. The number of ether oxygens (including phenoxy) is 1. The van der Waals surface area contributed by atoms with Crippen molar-refractivity contribution in [1.82, 2.24) is 15.2 Å². The van der Waals surface area contributed by atoms with Crippen LogP contribution in [0.3, 0.4) is 0 Å². The Morgan fingerprint density at radius 1 is 1.38 bits per heavy atom. The monoisotopic (exact) mass is 302 g/mol. The molecule has 6 nitrogen and oxygen atoms in total. The Morgan fingerprint density at radius 3 is 3.00 bits per heavy atom. The van der Waals surface area contributed by atoms with Crippen LogP contribution in [0.25, 0.3) is 10.9 Å². The van der Waals surface area contributed by atoms with Crippen molar-refractivity contribution in [2.24, 2.45) is 0 Å². The number of pyridine rings is 1. The first-order chi connectivity index (χ1) is 10.2. The van der Waals surface area contributed by atoms with Gasteiger partial charge in [-0.15, -0.1) is 0 Å². The Kier molecular flexibility index (Phi) is 3.45. The molecular weight excluding hydrogens is 292 g/mol. The summed E-state index contributed by atoms with van der Waals surface area (Å²) in [6.07, 6.45) is 3.22. The minimum Gasteiger partial charge on any atom is -0.495 e. The molecule has 0 aliphatic carbocycles. The van der Waals surface area contributed by atoms with E-state index in [0.29, 0.717) is 21.8 Å². The second kappa shape index (κ2) is 5.41. The van der Waals surface area contributed by atoms with Crippen LogP contribution in [0.2, 0.25) is 5.02 Å². The summed E-state index contributed by atoms with van der Waals surface area (Å²) in [5.41, 5.74) is 1.60. The molecule has 21 heavy (non-hydrogen) atoms. The van der Waals surface area contributed by atoms with E-state index < -0.39 is 0 Å². The molecule has 2 N–H and O–H groups in total. The smallest absolute Gasteiger partial charge is 0.276 e. The number of benzene rings is 1. The molecular formula is C14H11ClN4O2. The number of hydrogen-bond donors (Lipinski definition) is 2. The molecule has 0 saturated heterocycles. The maximum atomic E-state index is 12.3. The van der Waals surface area contributed by atoms with Crippen molar-refractivity contribution in [1.29, 1.82) is 0 Å². The van der Waals surface area contributed by atoms with E-state index in [9.17, 15) is 4.79 Å². The quantitative estimate of drug-likeness (QED) is 0.779. The number of methoxy groups -OCH3 is 1. The van der Waals surface area contributed by atoms with Crippen LogP contribution in [0.15, 0.2) is 36.7 Å². The number of hydrogen-bond acceptors (Lipinski definition) is 4. The highest BCUT2D eigenvalue weighted by Crippen LogP contribution is 2.27. The van der Waals surface area contributed by atoms with Gasteiger partial charge in [-0.3, -0.25) is 14.9 Å². The van der Waals surface area contributed by atoms with Crippen molar-refractivity contribution in [3.63, 3.8) is 0 Å². The van der Waals surface area contributed by atoms with Crippen LogP contribution in [0.5, 0.6) is 5.75 Å². The highest BCUT2D eigenvalue weighted by molar-refractivity contribution is 6.32. The van der Waals surface area contributed by atoms with E-state index in [1.807, 2.05) is 0 Å². The average molecular weight is 303 g/mol. The van der Waals surface area contributed by atoms with Gasteiger partial charge in [-0.2, -0.15) is 5.10 Å². The van der Waals surface area contributed by atoms with E-state index >= 15 is 0 Å². The van der Waals surface area contributed by atoms with Crippen LogP contribution in [-0.4, -0.2) is 28.2 Å². The van der Waals surface area contributed by atoms with E-state index in [4.69, 9.17) is 16.3 Å². The molecule has 0 radical (unpaired) electrons. The van der Waals surface area contributed by atoms with Gasteiger partial charge >= 0.3 is 0 Å². The molecule has 3 rings (SSSR count). The zero-order chi connectivity index (χ0) is 14.8. The summed E-state index contributed by atoms with van der Waals surface area (Å²) in [6, 6.07) is 6.76. The molecule has 0 fully saturated rings. The highest BCUT2D eigenvalue weighted by Gasteiger charge is 2.14. The van der Waals surface area contributed by atoms with E-state index in [1.165, 1.54) is 7.11 Å². The van der Waals surface area contributed by atoms with Gasteiger partial charge in [0.15, 0.2) is 5.69 Å². The third kappa shape index (κ3) is 2.53. The molecule has 1 aromatic carbocycles. The second-order valence-corrected chi connectivity index (χ2v) is 4.70. The lowest BCUT2D eigenvalue weighted by molar-refractivity contribution is 0.102. The van der Waals surface area contributed by atoms with Gasteiger partial charge in [0.05, 0.1) is 23.0 Å². The number of H-pyrrole nitrogens is 1. The highest BCUT2D eigenvalue weighted by atomic mass is 35.5. The van der Waals surface area contributed by atoms with E-state index in [-0.39, 0.29) is 11.6 Å². The van der Waals surface area contributed by atoms with Crippen LogP contribution < -0.4 is 10.1 Å². The van der Waals surface area contributed by atoms with Gasteiger partial charge < -0.3 is 10.1 Å². The predicted molar refractivity (Wildman–Crippen MR) is 79.8 cm³/mol. The number of aromatic amines is 1. The molecule has 3 aromatic rings. The SMILES string of the molecule is COc1ccc(NC(=O)c2n[nH]c3ccncc23)cc1Cl. The largest absolute Gasteiger partial charge is 0.495 e. The molecule has 1 amide bonds. The topological polar surface area (TPSA) is 79.9 Å². The molecule has 0 aliphatic heterocycles. The molecule has 0 unspecified atom stereocenters. The number of rotatable bonds is 3. The van der Waals surface area contributed by atoms with Gasteiger partial charge in [-0.25, -0.2) is 0 Å². The number of carbonyl (C=O) groups excluding carboxylic acids is 1. The Morgan fingerprint density at radius 2 is 2.24 bits per heavy atom. The Labute approximate surface area is 125 Å². The van der Waals surface area contributed by atoms with Gasteiger partial charge in [0.25, 0.3) is 5.91 Å². The maximum Gasteiger partial charge on any atom is 0.276 e. The number of nitrogens with zero attached hydrogens (tertiary/aromatic N) is 2. The fourth-order valence-electron chi connectivity index (χ4n) is 1.96. The lowest BCUT2D eigenvalue weighted by Crippen LogP contribution is -2.12. The molecule has 0 saturated carbocycles. The Hall–Kier alpha value is -2.60. The first-order valence-corrected chi connectivity index (χ1v) is 6.50. The van der Waals surface area contributed by atoms with Crippen molar-refractivity contribution >= 4 is 34.1 Å². The minimum atomic E-state index is -0.338. The Bertz CT molecular complexity index is 816.